The van der Waals surface area contributed by atoms with Crippen molar-refractivity contribution in [1.82, 2.24) is 0 Å². The maximum absolute atomic E-state index is 10.0. The van der Waals surface area contributed by atoms with Crippen LogP contribution in [0.15, 0.2) is 17.4 Å². The van der Waals surface area contributed by atoms with E-state index in [-0.39, 0.29) is 6.10 Å². The summed E-state index contributed by atoms with van der Waals surface area (Å²) in [6.07, 6.45) is 10.9. The van der Waals surface area contributed by atoms with Gasteiger partial charge in [-0.1, -0.05) is 36.4 Å². The van der Waals surface area contributed by atoms with Crippen molar-refractivity contribution < 1.29 is 5.11 Å². The molecule has 0 aromatic carbocycles. The number of hydrogen-bond donors (Lipinski definition) is 1. The van der Waals surface area contributed by atoms with Crippen LogP contribution in [-0.2, 0) is 0 Å². The molecule has 3 saturated carbocycles. The Bertz CT molecular complexity index is 520. The van der Waals surface area contributed by atoms with Crippen molar-refractivity contribution in [3.05, 3.63) is 17.4 Å². The Morgan fingerprint density at radius 2 is 1.95 bits per heavy atom. The largest absolute Gasteiger partial charge is 0.393 e. The number of fused-ring (bicyclic) bond motifs is 5. The number of halogens is 1. The summed E-state index contributed by atoms with van der Waals surface area (Å²) in [6, 6.07) is 0. The molecule has 0 amide bonds. The van der Waals surface area contributed by atoms with E-state index in [0.717, 1.165) is 34.5 Å². The van der Waals surface area contributed by atoms with Gasteiger partial charge >= 0.3 is 0 Å². The van der Waals surface area contributed by atoms with E-state index in [9.17, 15) is 5.11 Å². The summed E-state index contributed by atoms with van der Waals surface area (Å²) in [5.74, 6) is 2.42. The van der Waals surface area contributed by atoms with Crippen molar-refractivity contribution >= 4 is 22.6 Å². The highest BCUT2D eigenvalue weighted by atomic mass is 127. The Morgan fingerprint density at radius 1 is 1.14 bits per heavy atom. The molecule has 7 atom stereocenters. The first-order valence-corrected chi connectivity index (χ1v) is 9.98. The molecule has 0 radical (unpaired) electrons. The highest BCUT2D eigenvalue weighted by Crippen LogP contribution is 2.64. The Balaban J connectivity index is 1.73. The monoisotopic (exact) mass is 398 g/mol. The summed E-state index contributed by atoms with van der Waals surface area (Å²) in [5.41, 5.74) is 5.97. The summed E-state index contributed by atoms with van der Waals surface area (Å²) in [5, 5.41) is 10.0. The fraction of sp³-hybridized carbons (Fsp3) is 0.842. The third-order valence-electron chi connectivity index (χ3n) is 7.61. The van der Waals surface area contributed by atoms with Crippen LogP contribution in [0.2, 0.25) is 0 Å². The van der Waals surface area contributed by atoms with Gasteiger partial charge in [0.15, 0.2) is 0 Å². The average molecular weight is 398 g/mol. The zero-order valence-electron chi connectivity index (χ0n) is 13.2. The van der Waals surface area contributed by atoms with E-state index in [4.69, 9.17) is 0 Å². The molecule has 3 fully saturated rings. The molecular formula is C19H27IO. The van der Waals surface area contributed by atoms with Gasteiger partial charge in [0.1, 0.15) is 0 Å². The van der Waals surface area contributed by atoms with Crippen molar-refractivity contribution in [3.63, 3.8) is 0 Å². The third-order valence-corrected chi connectivity index (χ3v) is 9.66. The number of hydrogen-bond acceptors (Lipinski definition) is 1. The lowest BCUT2D eigenvalue weighted by Crippen LogP contribution is -2.49. The second kappa shape index (κ2) is 4.85. The van der Waals surface area contributed by atoms with Crippen LogP contribution in [0.25, 0.3) is 0 Å². The first-order valence-electron chi connectivity index (χ1n) is 8.73. The lowest BCUT2D eigenvalue weighted by molar-refractivity contribution is -0.0100. The van der Waals surface area contributed by atoms with E-state index in [1.54, 1.807) is 0 Å². The first-order chi connectivity index (χ1) is 9.95. The van der Waals surface area contributed by atoms with Crippen LogP contribution in [0.3, 0.4) is 0 Å². The number of rotatable bonds is 0. The van der Waals surface area contributed by atoms with Crippen molar-refractivity contribution in [2.75, 3.05) is 0 Å². The normalized spacial score (nSPS) is 55.4. The molecule has 0 aromatic heterocycles. The first kappa shape index (κ1) is 14.8. The van der Waals surface area contributed by atoms with Crippen molar-refractivity contribution in [2.24, 2.45) is 28.6 Å². The second-order valence-electron chi connectivity index (χ2n) is 8.48. The zero-order chi connectivity index (χ0) is 14.8. The second-order valence-corrected chi connectivity index (χ2v) is 9.99. The molecule has 4 aliphatic rings. The van der Waals surface area contributed by atoms with E-state index in [1.165, 1.54) is 37.7 Å². The van der Waals surface area contributed by atoms with Gasteiger partial charge < -0.3 is 5.11 Å². The molecular weight excluding hydrogens is 371 g/mol. The van der Waals surface area contributed by atoms with Crippen LogP contribution in [0.4, 0.5) is 0 Å². The minimum Gasteiger partial charge on any atom is -0.393 e. The molecule has 1 nitrogen and oxygen atoms in total. The van der Waals surface area contributed by atoms with Gasteiger partial charge in [0.05, 0.1) is 6.10 Å². The molecule has 0 spiro atoms. The summed E-state index contributed by atoms with van der Waals surface area (Å²) >= 11 is 2.72. The van der Waals surface area contributed by atoms with E-state index < -0.39 is 0 Å². The van der Waals surface area contributed by atoms with E-state index in [2.05, 4.69) is 48.2 Å². The lowest BCUT2D eigenvalue weighted by atomic mass is 9.49. The topological polar surface area (TPSA) is 20.2 Å². The third kappa shape index (κ3) is 1.98. The van der Waals surface area contributed by atoms with E-state index in [1.807, 2.05) is 0 Å². The Hall–Kier alpha value is 0.210. The van der Waals surface area contributed by atoms with Gasteiger partial charge in [-0.2, -0.15) is 0 Å². The minimum atomic E-state index is -0.121. The molecule has 1 N–H and O–H groups in total. The highest BCUT2D eigenvalue weighted by Gasteiger charge is 2.57. The molecule has 0 aromatic rings. The molecule has 1 unspecified atom stereocenters. The number of alkyl halides is 1. The number of aliphatic hydroxyl groups excluding tert-OH is 1. The van der Waals surface area contributed by atoms with Gasteiger partial charge in [0.2, 0.25) is 0 Å². The predicted molar refractivity (Wildman–Crippen MR) is 94.4 cm³/mol. The maximum Gasteiger partial charge on any atom is 0.0584 e. The summed E-state index contributed by atoms with van der Waals surface area (Å²) < 4.78 is 0.862. The standard InChI is InChI=1S/C19H27IO/c1-18-9-7-13(21)11-12(18)3-4-14-15-5-6-17(20)19(15,2)10-8-16(14)18/h4,13-17,21H,5-11H2,1-2H3/t13-,14-,15-,16-,17?,18-,19-/m0/s1. The fourth-order valence-electron chi connectivity index (χ4n) is 6.12. The molecule has 0 aliphatic heterocycles. The SMILES string of the molecule is C[C@]12CC[C@H](O)CC1=C=C[C@@H]1[C@@H]2CC[C@]2(C)C(I)CC[C@@H]12. The maximum atomic E-state index is 10.0. The van der Waals surface area contributed by atoms with Crippen LogP contribution >= 0.6 is 22.6 Å². The van der Waals surface area contributed by atoms with Crippen molar-refractivity contribution in [1.29, 1.82) is 0 Å². The van der Waals surface area contributed by atoms with Crippen LogP contribution in [0, 0.1) is 28.6 Å². The molecule has 0 heterocycles. The predicted octanol–water partition coefficient (Wildman–Crippen LogP) is 4.88. The van der Waals surface area contributed by atoms with Crippen molar-refractivity contribution in [2.45, 2.75) is 68.8 Å². The van der Waals surface area contributed by atoms with Gasteiger partial charge in [-0.25, -0.2) is 0 Å². The summed E-state index contributed by atoms with van der Waals surface area (Å²) in [7, 11) is 0. The van der Waals surface area contributed by atoms with Gasteiger partial charge in [0.25, 0.3) is 0 Å². The average Bonchev–Trinajstić information content (AvgIpc) is 2.76. The van der Waals surface area contributed by atoms with E-state index >= 15 is 0 Å². The Kier molecular flexibility index (Phi) is 3.41. The highest BCUT2D eigenvalue weighted by molar-refractivity contribution is 14.1. The molecule has 0 bridgehead atoms. The summed E-state index contributed by atoms with van der Waals surface area (Å²) in [4.78, 5) is 0. The quantitative estimate of drug-likeness (QED) is 0.350. The van der Waals surface area contributed by atoms with Crippen molar-refractivity contribution in [3.8, 4) is 0 Å². The summed E-state index contributed by atoms with van der Waals surface area (Å²) in [6.45, 7) is 5.03. The van der Waals surface area contributed by atoms with Crippen LogP contribution < -0.4 is 0 Å². The van der Waals surface area contributed by atoms with Crippen LogP contribution in [-0.4, -0.2) is 15.1 Å². The minimum absolute atomic E-state index is 0.121. The van der Waals surface area contributed by atoms with Crippen LogP contribution in [0.1, 0.15) is 58.8 Å². The smallest absolute Gasteiger partial charge is 0.0584 e. The molecule has 0 saturated heterocycles. The van der Waals surface area contributed by atoms with Crippen LogP contribution in [0.5, 0.6) is 0 Å². The van der Waals surface area contributed by atoms with Gasteiger partial charge in [-0.3, -0.25) is 0 Å². The molecule has 116 valence electrons. The van der Waals surface area contributed by atoms with Gasteiger partial charge in [-0.15, -0.1) is 5.73 Å². The zero-order valence-corrected chi connectivity index (χ0v) is 15.4. The Morgan fingerprint density at radius 3 is 2.76 bits per heavy atom. The molecule has 21 heavy (non-hydrogen) atoms. The number of aliphatic hydroxyl groups is 1. The van der Waals surface area contributed by atoms with Gasteiger partial charge in [0, 0.05) is 10.3 Å². The Labute approximate surface area is 142 Å². The van der Waals surface area contributed by atoms with Gasteiger partial charge in [-0.05, 0) is 78.8 Å². The molecule has 4 rings (SSSR count). The molecule has 2 heteroatoms. The van der Waals surface area contributed by atoms with E-state index in [0.29, 0.717) is 10.8 Å². The fourth-order valence-corrected chi connectivity index (χ4v) is 7.26. The lowest BCUT2D eigenvalue weighted by Gasteiger charge is -2.55. The molecule has 4 aliphatic carbocycles.